The molecule has 0 radical (unpaired) electrons. The first-order valence-corrected chi connectivity index (χ1v) is 9.62. The Balaban J connectivity index is 1.76. The van der Waals surface area contributed by atoms with Gasteiger partial charge in [-0.3, -0.25) is 0 Å². The fourth-order valence-electron chi connectivity index (χ4n) is 2.96. The zero-order valence-corrected chi connectivity index (χ0v) is 17.0. The molecule has 1 unspecified atom stereocenters. The minimum absolute atomic E-state index is 0.132. The van der Waals surface area contributed by atoms with E-state index in [-0.39, 0.29) is 12.6 Å². The number of benzene rings is 2. The lowest BCUT2D eigenvalue weighted by Crippen LogP contribution is -2.44. The van der Waals surface area contributed by atoms with Crippen LogP contribution in [0.2, 0.25) is 0 Å². The highest BCUT2D eigenvalue weighted by atomic mass is 19.4. The Bertz CT molecular complexity index is 838. The number of anilines is 1. The second kappa shape index (κ2) is 9.37. The fourth-order valence-corrected chi connectivity index (χ4v) is 2.96. The van der Waals surface area contributed by atoms with Crippen LogP contribution in [0.4, 0.5) is 27.6 Å². The second-order valence-corrected chi connectivity index (χ2v) is 7.15. The molecule has 1 heterocycles. The van der Waals surface area contributed by atoms with Crippen LogP contribution < -0.4 is 15.2 Å². The van der Waals surface area contributed by atoms with Gasteiger partial charge in [0.05, 0.1) is 25.4 Å². The molecule has 1 aliphatic rings. The lowest BCUT2D eigenvalue weighted by molar-refractivity contribution is -0.360. The highest BCUT2D eigenvalue weighted by molar-refractivity contribution is 5.48. The molecule has 3 rings (SSSR count). The van der Waals surface area contributed by atoms with Crippen LogP contribution in [0.25, 0.3) is 0 Å². The van der Waals surface area contributed by atoms with Gasteiger partial charge in [-0.25, -0.2) is 5.43 Å². The third kappa shape index (κ3) is 6.05. The summed E-state index contributed by atoms with van der Waals surface area (Å²) in [5, 5.41) is 1.70. The van der Waals surface area contributed by atoms with Gasteiger partial charge in [0.25, 0.3) is 0 Å². The van der Waals surface area contributed by atoms with E-state index in [1.165, 1.54) is 12.1 Å². The smallest absolute Gasteiger partial charge is 0.426 e. The molecule has 0 aliphatic carbocycles. The molecule has 0 saturated carbocycles. The summed E-state index contributed by atoms with van der Waals surface area (Å²) >= 11 is 0. The number of halogens is 5. The van der Waals surface area contributed by atoms with Crippen LogP contribution in [0, 0.1) is 6.92 Å². The van der Waals surface area contributed by atoms with Gasteiger partial charge in [-0.1, -0.05) is 29.8 Å². The molecule has 10 heteroatoms. The van der Waals surface area contributed by atoms with Crippen molar-refractivity contribution in [3.63, 3.8) is 0 Å². The fraction of sp³-hybridized carbons (Fsp3) is 0.429. The lowest BCUT2D eigenvalue weighted by Gasteiger charge is -2.31. The summed E-state index contributed by atoms with van der Waals surface area (Å²) in [6, 6.07) is 12.6. The molecule has 1 N–H and O–H groups in total. The van der Waals surface area contributed by atoms with E-state index >= 15 is 0 Å². The zero-order chi connectivity index (χ0) is 22.6. The van der Waals surface area contributed by atoms with Crippen molar-refractivity contribution in [2.45, 2.75) is 38.5 Å². The Kier molecular flexibility index (Phi) is 7.03. The largest absolute Gasteiger partial charge is 0.499 e. The van der Waals surface area contributed by atoms with Crippen molar-refractivity contribution in [1.29, 1.82) is 0 Å². The second-order valence-electron chi connectivity index (χ2n) is 7.15. The van der Waals surface area contributed by atoms with Gasteiger partial charge < -0.3 is 19.2 Å². The average Bonchev–Trinajstić information content (AvgIpc) is 3.20. The summed E-state index contributed by atoms with van der Waals surface area (Å²) in [5.41, 5.74) is 5.93. The molecule has 2 aromatic rings. The van der Waals surface area contributed by atoms with Gasteiger partial charge in [0.1, 0.15) is 5.75 Å². The molecule has 0 spiro atoms. The SMILES string of the molecule is Cc1ccc(C(C)NN(CC2OCCO2)c2ccc(OC(F)(F)C(F)(F)F)cc2)cc1. The predicted molar refractivity (Wildman–Crippen MR) is 104 cm³/mol. The molecule has 1 atom stereocenters. The molecule has 1 fully saturated rings. The zero-order valence-electron chi connectivity index (χ0n) is 17.0. The van der Waals surface area contributed by atoms with Crippen LogP contribution >= 0.6 is 0 Å². The van der Waals surface area contributed by atoms with Crippen molar-refractivity contribution in [3.8, 4) is 5.75 Å². The van der Waals surface area contributed by atoms with E-state index in [1.807, 2.05) is 38.1 Å². The summed E-state index contributed by atoms with van der Waals surface area (Å²) in [7, 11) is 0. The van der Waals surface area contributed by atoms with Crippen molar-refractivity contribution < 1.29 is 36.2 Å². The van der Waals surface area contributed by atoms with E-state index in [9.17, 15) is 22.0 Å². The van der Waals surface area contributed by atoms with E-state index < -0.39 is 24.3 Å². The van der Waals surface area contributed by atoms with Crippen LogP contribution in [0.3, 0.4) is 0 Å². The lowest BCUT2D eigenvalue weighted by atomic mass is 10.1. The number of nitrogens with one attached hydrogen (secondary N) is 1. The molecule has 31 heavy (non-hydrogen) atoms. The molecule has 0 amide bonds. The topological polar surface area (TPSA) is 43.0 Å². The van der Waals surface area contributed by atoms with Crippen LogP contribution in [0.1, 0.15) is 24.1 Å². The Morgan fingerprint density at radius 2 is 1.58 bits per heavy atom. The van der Waals surface area contributed by atoms with Crippen molar-refractivity contribution >= 4 is 5.69 Å². The van der Waals surface area contributed by atoms with Gasteiger partial charge in [0.15, 0.2) is 6.29 Å². The number of hydrogen-bond donors (Lipinski definition) is 1. The number of nitrogens with zero attached hydrogens (tertiary/aromatic N) is 1. The number of aryl methyl sites for hydroxylation is 1. The van der Waals surface area contributed by atoms with E-state index in [0.717, 1.165) is 23.3 Å². The Morgan fingerprint density at radius 1 is 1.00 bits per heavy atom. The molecule has 0 bridgehead atoms. The van der Waals surface area contributed by atoms with Gasteiger partial charge in [-0.15, -0.1) is 0 Å². The van der Waals surface area contributed by atoms with Gasteiger partial charge >= 0.3 is 12.3 Å². The number of rotatable bonds is 8. The summed E-state index contributed by atoms with van der Waals surface area (Å²) in [5.74, 6) is -0.606. The van der Waals surface area contributed by atoms with E-state index in [0.29, 0.717) is 18.9 Å². The maximum Gasteiger partial charge on any atom is 0.499 e. The first-order chi connectivity index (χ1) is 14.5. The van der Waals surface area contributed by atoms with Gasteiger partial charge in [-0.05, 0) is 43.7 Å². The summed E-state index contributed by atoms with van der Waals surface area (Å²) < 4.78 is 78.2. The Morgan fingerprint density at radius 3 is 2.13 bits per heavy atom. The molecule has 170 valence electrons. The third-order valence-electron chi connectivity index (χ3n) is 4.67. The van der Waals surface area contributed by atoms with E-state index in [2.05, 4.69) is 10.2 Å². The van der Waals surface area contributed by atoms with Gasteiger partial charge in [0.2, 0.25) is 0 Å². The van der Waals surface area contributed by atoms with Crippen LogP contribution in [-0.2, 0) is 9.47 Å². The molecule has 5 nitrogen and oxygen atoms in total. The van der Waals surface area contributed by atoms with E-state index in [4.69, 9.17) is 9.47 Å². The monoisotopic (exact) mass is 446 g/mol. The molecule has 1 saturated heterocycles. The Labute approximate surface area is 176 Å². The first-order valence-electron chi connectivity index (χ1n) is 9.62. The Hall–Kier alpha value is -2.43. The number of ether oxygens (including phenoxy) is 3. The standard InChI is InChI=1S/C21H23F5N2O3/c1-14-3-5-16(6-4-14)15(2)27-28(13-19-29-11-12-30-19)17-7-9-18(10-8-17)31-21(25,26)20(22,23)24/h3-10,15,19,27H,11-13H2,1-2H3. The van der Waals surface area contributed by atoms with Crippen LogP contribution in [0.15, 0.2) is 48.5 Å². The number of alkyl halides is 5. The molecular formula is C21H23F5N2O3. The van der Waals surface area contributed by atoms with E-state index in [1.54, 1.807) is 5.01 Å². The highest BCUT2D eigenvalue weighted by Crippen LogP contribution is 2.37. The minimum atomic E-state index is -5.81. The maximum atomic E-state index is 13.1. The first kappa shape index (κ1) is 23.2. The van der Waals surface area contributed by atoms with Gasteiger partial charge in [0, 0.05) is 6.04 Å². The van der Waals surface area contributed by atoms with Crippen LogP contribution in [-0.4, -0.2) is 38.3 Å². The third-order valence-corrected chi connectivity index (χ3v) is 4.67. The van der Waals surface area contributed by atoms with Crippen molar-refractivity contribution in [1.82, 2.24) is 5.43 Å². The molecule has 2 aromatic carbocycles. The predicted octanol–water partition coefficient (Wildman–Crippen LogP) is 4.97. The minimum Gasteiger partial charge on any atom is -0.426 e. The summed E-state index contributed by atoms with van der Waals surface area (Å²) in [6.45, 7) is 5.09. The van der Waals surface area contributed by atoms with Crippen molar-refractivity contribution in [2.75, 3.05) is 24.8 Å². The summed E-state index contributed by atoms with van der Waals surface area (Å²) in [4.78, 5) is 0. The maximum absolute atomic E-state index is 13.1. The average molecular weight is 446 g/mol. The van der Waals surface area contributed by atoms with Crippen molar-refractivity contribution in [2.24, 2.45) is 0 Å². The quantitative estimate of drug-likeness (QED) is 0.458. The normalized spacial score (nSPS) is 16.4. The van der Waals surface area contributed by atoms with Crippen LogP contribution in [0.5, 0.6) is 5.75 Å². The van der Waals surface area contributed by atoms with Crippen molar-refractivity contribution in [3.05, 3.63) is 59.7 Å². The van der Waals surface area contributed by atoms with Gasteiger partial charge in [-0.2, -0.15) is 22.0 Å². The number of hydrazine groups is 1. The highest BCUT2D eigenvalue weighted by Gasteiger charge is 2.61. The molecular weight excluding hydrogens is 423 g/mol. The summed E-state index contributed by atoms with van der Waals surface area (Å²) in [6.07, 6.45) is -11.6. The number of hydrogen-bond acceptors (Lipinski definition) is 5. The molecule has 1 aliphatic heterocycles. The molecule has 0 aromatic heterocycles.